The normalized spacial score (nSPS) is 52.5. The van der Waals surface area contributed by atoms with E-state index in [1.54, 1.807) is 5.57 Å². The summed E-state index contributed by atoms with van der Waals surface area (Å²) >= 11 is 0. The third-order valence-electron chi connectivity index (χ3n) is 5.89. The first kappa shape index (κ1) is 9.93. The van der Waals surface area contributed by atoms with Crippen molar-refractivity contribution in [3.05, 3.63) is 11.6 Å². The van der Waals surface area contributed by atoms with Gasteiger partial charge in [0.15, 0.2) is 0 Å². The number of rotatable bonds is 1. The van der Waals surface area contributed by atoms with Crippen LogP contribution >= 0.6 is 0 Å². The zero-order chi connectivity index (χ0) is 10.8. The minimum absolute atomic E-state index is 0.747. The molecule has 0 radical (unpaired) electrons. The van der Waals surface area contributed by atoms with E-state index in [-0.39, 0.29) is 0 Å². The van der Waals surface area contributed by atoms with Gasteiger partial charge in [-0.25, -0.2) is 0 Å². The Morgan fingerprint density at radius 1 is 1.33 bits per heavy atom. The Kier molecular flexibility index (Phi) is 1.92. The maximum atomic E-state index is 2.53. The van der Waals surface area contributed by atoms with Crippen LogP contribution in [0.2, 0.25) is 0 Å². The quantitative estimate of drug-likeness (QED) is 0.559. The zero-order valence-electron chi connectivity index (χ0n) is 10.6. The van der Waals surface area contributed by atoms with Crippen molar-refractivity contribution >= 4 is 0 Å². The van der Waals surface area contributed by atoms with Gasteiger partial charge in [-0.1, -0.05) is 32.4 Å². The lowest BCUT2D eigenvalue weighted by molar-refractivity contribution is 0.149. The first-order valence-corrected chi connectivity index (χ1v) is 6.75. The van der Waals surface area contributed by atoms with Crippen molar-refractivity contribution in [3.63, 3.8) is 0 Å². The van der Waals surface area contributed by atoms with Gasteiger partial charge in [-0.2, -0.15) is 0 Å². The molecular formula is C15H24. The van der Waals surface area contributed by atoms with E-state index >= 15 is 0 Å². The van der Waals surface area contributed by atoms with E-state index in [0.29, 0.717) is 0 Å². The van der Waals surface area contributed by atoms with Gasteiger partial charge in [0, 0.05) is 0 Å². The number of hydrogen-bond acceptors (Lipinski definition) is 0. The van der Waals surface area contributed by atoms with Gasteiger partial charge in [0.2, 0.25) is 0 Å². The molecule has 0 N–H and O–H groups in total. The van der Waals surface area contributed by atoms with Crippen LogP contribution in [0.25, 0.3) is 0 Å². The summed E-state index contributed by atoms with van der Waals surface area (Å²) in [5.74, 6) is 4.96. The summed E-state index contributed by atoms with van der Waals surface area (Å²) in [6.07, 6.45) is 6.91. The Morgan fingerprint density at radius 3 is 2.73 bits per heavy atom. The molecule has 0 amide bonds. The highest BCUT2D eigenvalue weighted by Crippen LogP contribution is 2.77. The van der Waals surface area contributed by atoms with Crippen LogP contribution < -0.4 is 0 Å². The van der Waals surface area contributed by atoms with Gasteiger partial charge in [-0.15, -0.1) is 0 Å². The van der Waals surface area contributed by atoms with Crippen molar-refractivity contribution in [1.29, 1.82) is 0 Å². The fourth-order valence-corrected chi connectivity index (χ4v) is 5.05. The largest absolute Gasteiger partial charge is 0.0847 e. The molecule has 0 aliphatic heterocycles. The summed E-state index contributed by atoms with van der Waals surface area (Å²) in [5.41, 5.74) is 2.47. The molecule has 5 atom stereocenters. The lowest BCUT2D eigenvalue weighted by Crippen LogP contribution is -2.27. The van der Waals surface area contributed by atoms with E-state index < -0.39 is 0 Å². The molecule has 1 unspecified atom stereocenters. The van der Waals surface area contributed by atoms with Gasteiger partial charge < -0.3 is 0 Å². The Hall–Kier alpha value is -0.260. The summed E-state index contributed by atoms with van der Waals surface area (Å²) in [7, 11) is 0. The van der Waals surface area contributed by atoms with Gasteiger partial charge in [0.05, 0.1) is 0 Å². The van der Waals surface area contributed by atoms with E-state index in [9.17, 15) is 0 Å². The van der Waals surface area contributed by atoms with Gasteiger partial charge in [0.25, 0.3) is 0 Å². The molecule has 3 rings (SSSR count). The predicted molar refractivity (Wildman–Crippen MR) is 64.5 cm³/mol. The lowest BCUT2D eigenvalue weighted by Gasteiger charge is -2.35. The Bertz CT molecular complexity index is 312. The fourth-order valence-electron chi connectivity index (χ4n) is 5.05. The Labute approximate surface area is 94.1 Å². The molecule has 84 valence electrons. The molecule has 2 saturated carbocycles. The van der Waals surface area contributed by atoms with Crippen LogP contribution in [0.5, 0.6) is 0 Å². The molecule has 1 spiro atoms. The summed E-state index contributed by atoms with van der Waals surface area (Å²) < 4.78 is 0. The van der Waals surface area contributed by atoms with Gasteiger partial charge in [-0.05, 0) is 61.2 Å². The van der Waals surface area contributed by atoms with Gasteiger partial charge >= 0.3 is 0 Å². The maximum absolute atomic E-state index is 2.53. The molecule has 0 aromatic carbocycles. The zero-order valence-corrected chi connectivity index (χ0v) is 10.6. The molecular weight excluding hydrogens is 180 g/mol. The molecule has 0 saturated heterocycles. The molecule has 0 aromatic heterocycles. The molecule has 0 bridgehead atoms. The molecule has 2 fully saturated rings. The minimum atomic E-state index is 0.747. The molecule has 3 aliphatic carbocycles. The first-order valence-electron chi connectivity index (χ1n) is 6.75. The molecule has 3 aliphatic rings. The average molecular weight is 204 g/mol. The lowest BCUT2D eigenvalue weighted by atomic mass is 9.70. The summed E-state index contributed by atoms with van der Waals surface area (Å²) in [4.78, 5) is 0. The van der Waals surface area contributed by atoms with E-state index in [4.69, 9.17) is 0 Å². The number of hydrogen-bond donors (Lipinski definition) is 0. The average Bonchev–Trinajstić information content (AvgIpc) is 2.75. The summed E-state index contributed by atoms with van der Waals surface area (Å²) in [6.45, 7) is 9.75. The van der Waals surface area contributed by atoms with Crippen LogP contribution in [-0.2, 0) is 0 Å². The van der Waals surface area contributed by atoms with Crippen molar-refractivity contribution in [2.75, 3.05) is 0 Å². The summed E-state index contributed by atoms with van der Waals surface area (Å²) in [5, 5.41) is 0. The topological polar surface area (TPSA) is 0 Å². The van der Waals surface area contributed by atoms with Crippen molar-refractivity contribution < 1.29 is 0 Å². The highest BCUT2D eigenvalue weighted by Gasteiger charge is 2.71. The predicted octanol–water partition coefficient (Wildman–Crippen LogP) is 4.27. The fraction of sp³-hybridized carbons (Fsp3) is 0.867. The Morgan fingerprint density at radius 2 is 2.07 bits per heavy atom. The molecule has 0 nitrogen and oxygen atoms in total. The second-order valence-electron chi connectivity index (χ2n) is 6.65. The van der Waals surface area contributed by atoms with E-state index in [1.165, 1.54) is 19.3 Å². The van der Waals surface area contributed by atoms with Crippen molar-refractivity contribution in [3.8, 4) is 0 Å². The molecule has 0 aromatic rings. The van der Waals surface area contributed by atoms with Crippen molar-refractivity contribution in [2.45, 2.75) is 47.0 Å². The van der Waals surface area contributed by atoms with Gasteiger partial charge in [-0.3, -0.25) is 0 Å². The molecule has 15 heavy (non-hydrogen) atoms. The second kappa shape index (κ2) is 2.90. The van der Waals surface area contributed by atoms with E-state index in [0.717, 1.165) is 35.0 Å². The SMILES string of the molecule is CC1=CC[C@]23C1[C@@H]2[C@H](C(C)C)CC[C@H]3C. The third-order valence-corrected chi connectivity index (χ3v) is 5.89. The van der Waals surface area contributed by atoms with E-state index in [2.05, 4.69) is 33.8 Å². The van der Waals surface area contributed by atoms with Crippen LogP contribution in [0.1, 0.15) is 47.0 Å². The third kappa shape index (κ3) is 1.04. The van der Waals surface area contributed by atoms with Crippen LogP contribution in [0, 0.1) is 35.0 Å². The smallest absolute Gasteiger partial charge is 0.0104 e. The first-order chi connectivity index (χ1) is 7.09. The van der Waals surface area contributed by atoms with Crippen molar-refractivity contribution in [1.82, 2.24) is 0 Å². The minimum Gasteiger partial charge on any atom is -0.0847 e. The molecule has 0 heterocycles. The number of allylic oxidation sites excluding steroid dienone is 2. The van der Waals surface area contributed by atoms with Crippen LogP contribution in [0.4, 0.5) is 0 Å². The van der Waals surface area contributed by atoms with Crippen molar-refractivity contribution in [2.24, 2.45) is 35.0 Å². The Balaban J connectivity index is 1.91. The highest BCUT2D eigenvalue weighted by molar-refractivity contribution is 5.35. The monoisotopic (exact) mass is 204 g/mol. The number of fused-ring (bicyclic) bond motifs is 1. The van der Waals surface area contributed by atoms with Crippen LogP contribution in [0.3, 0.4) is 0 Å². The standard InChI is InChI=1S/C15H24/c1-9(2)12-6-5-11(4)15-8-7-10(3)13(15)14(12)15/h7,9,11-14H,5-6,8H2,1-4H3/t11-,12+,13?,14+,15+/m1/s1. The van der Waals surface area contributed by atoms with Crippen LogP contribution in [-0.4, -0.2) is 0 Å². The maximum Gasteiger partial charge on any atom is -0.0104 e. The van der Waals surface area contributed by atoms with Gasteiger partial charge in [0.1, 0.15) is 0 Å². The summed E-state index contributed by atoms with van der Waals surface area (Å²) in [6, 6.07) is 0. The van der Waals surface area contributed by atoms with Crippen LogP contribution in [0.15, 0.2) is 11.6 Å². The highest BCUT2D eigenvalue weighted by atomic mass is 14.8. The molecule has 0 heteroatoms. The van der Waals surface area contributed by atoms with E-state index in [1.807, 2.05) is 0 Å². The second-order valence-corrected chi connectivity index (χ2v) is 6.65.